The second kappa shape index (κ2) is 36.6. The van der Waals surface area contributed by atoms with Gasteiger partial charge in [0.2, 0.25) is 0 Å². The van der Waals surface area contributed by atoms with Crippen molar-refractivity contribution in [1.82, 2.24) is 9.80 Å². The maximum Gasteiger partial charge on any atom is 0.0934 e. The molecule has 1 saturated heterocycles. The van der Waals surface area contributed by atoms with Gasteiger partial charge in [0, 0.05) is 32.3 Å². The first-order chi connectivity index (χ1) is 24.2. The molecule has 0 aromatic carbocycles. The van der Waals surface area contributed by atoms with Crippen molar-refractivity contribution in [3.63, 3.8) is 0 Å². The van der Waals surface area contributed by atoms with E-state index in [1.54, 1.807) is 0 Å². The molecular weight excluding hydrogens is 601 g/mol. The van der Waals surface area contributed by atoms with Gasteiger partial charge in [-0.3, -0.25) is 4.90 Å². The molecule has 0 aromatic rings. The molecule has 1 fully saturated rings. The lowest BCUT2D eigenvalue weighted by molar-refractivity contribution is -0.0321. The lowest BCUT2D eigenvalue weighted by atomic mass is 10.1. The standard InChI is InChI=1S/C45H84N2O2/c1-5-7-9-11-13-15-17-19-21-23-25-27-29-31-33-35-39-48-43-45(42-47-38-37-44(41-47)46(3)4)49-40-36-34-32-30-28-26-24-22-20-18-16-14-12-10-8-6-2/h13-16,19-22,44-45H,5-12,17-18,23-43H2,1-4H3/b15-13-,16-14+,21-19-,22-20+. The Hall–Kier alpha value is -1.20. The number of likely N-dealkylation sites (N-methyl/N-ethyl adjacent to an activating group) is 1. The molecule has 0 aromatic heterocycles. The Morgan fingerprint density at radius 3 is 1.49 bits per heavy atom. The summed E-state index contributed by atoms with van der Waals surface area (Å²) in [5.41, 5.74) is 0. The Balaban J connectivity index is 2.09. The topological polar surface area (TPSA) is 24.9 Å². The highest BCUT2D eigenvalue weighted by atomic mass is 16.5. The van der Waals surface area contributed by atoms with Gasteiger partial charge in [0.05, 0.1) is 12.7 Å². The highest BCUT2D eigenvalue weighted by Gasteiger charge is 2.26. The Morgan fingerprint density at radius 1 is 0.571 bits per heavy atom. The van der Waals surface area contributed by atoms with Gasteiger partial charge in [-0.2, -0.15) is 0 Å². The largest absolute Gasteiger partial charge is 0.379 e. The minimum Gasteiger partial charge on any atom is -0.379 e. The SMILES string of the molecule is CCCCC/C=C\C/C=C\CCCCCCCCOCC(CN1CCC(N(C)C)C1)OCCCCCCCC/C=C/C/C=C/CCCCC. The fourth-order valence-corrected chi connectivity index (χ4v) is 6.59. The molecule has 286 valence electrons. The minimum absolute atomic E-state index is 0.198. The highest BCUT2D eigenvalue weighted by Crippen LogP contribution is 2.16. The molecule has 0 aliphatic carbocycles. The van der Waals surface area contributed by atoms with Crippen LogP contribution < -0.4 is 0 Å². The number of likely N-dealkylation sites (tertiary alicyclic amines) is 1. The molecule has 0 saturated carbocycles. The zero-order chi connectivity index (χ0) is 35.3. The van der Waals surface area contributed by atoms with Crippen LogP contribution in [-0.2, 0) is 9.47 Å². The molecule has 1 aliphatic rings. The van der Waals surface area contributed by atoms with Crippen LogP contribution in [0.15, 0.2) is 48.6 Å². The van der Waals surface area contributed by atoms with Crippen LogP contribution in [0.4, 0.5) is 0 Å². The quantitative estimate of drug-likeness (QED) is 0.0484. The average Bonchev–Trinajstić information content (AvgIpc) is 3.58. The summed E-state index contributed by atoms with van der Waals surface area (Å²) in [5.74, 6) is 0. The molecule has 4 nitrogen and oxygen atoms in total. The van der Waals surface area contributed by atoms with E-state index in [4.69, 9.17) is 9.47 Å². The van der Waals surface area contributed by atoms with Gasteiger partial charge in [0.25, 0.3) is 0 Å². The summed E-state index contributed by atoms with van der Waals surface area (Å²) in [7, 11) is 4.42. The third-order valence-corrected chi connectivity index (χ3v) is 9.93. The second-order valence-corrected chi connectivity index (χ2v) is 14.9. The number of rotatable bonds is 36. The zero-order valence-electron chi connectivity index (χ0n) is 33.4. The maximum absolute atomic E-state index is 6.45. The van der Waals surface area contributed by atoms with Gasteiger partial charge >= 0.3 is 0 Å². The molecular formula is C45H84N2O2. The smallest absolute Gasteiger partial charge is 0.0934 e. The number of ether oxygens (including phenoxy) is 2. The predicted octanol–water partition coefficient (Wildman–Crippen LogP) is 12.7. The number of nitrogens with zero attached hydrogens (tertiary/aromatic N) is 2. The summed E-state index contributed by atoms with van der Waals surface area (Å²) in [4.78, 5) is 4.97. The number of unbranched alkanes of at least 4 members (excludes halogenated alkanes) is 18. The monoisotopic (exact) mass is 685 g/mol. The van der Waals surface area contributed by atoms with Crippen LogP contribution >= 0.6 is 0 Å². The van der Waals surface area contributed by atoms with Gasteiger partial charge in [0.15, 0.2) is 0 Å². The van der Waals surface area contributed by atoms with Crippen LogP contribution in [-0.4, -0.2) is 75.5 Å². The molecule has 0 spiro atoms. The van der Waals surface area contributed by atoms with E-state index >= 15 is 0 Å². The molecule has 2 atom stereocenters. The Kier molecular flexibility index (Phi) is 34.2. The summed E-state index contributed by atoms with van der Waals surface area (Å²) in [6, 6.07) is 0.674. The summed E-state index contributed by atoms with van der Waals surface area (Å²) >= 11 is 0. The van der Waals surface area contributed by atoms with Crippen molar-refractivity contribution >= 4 is 0 Å². The molecule has 0 amide bonds. The van der Waals surface area contributed by atoms with Crippen molar-refractivity contribution in [1.29, 1.82) is 0 Å². The molecule has 0 N–H and O–H groups in total. The highest BCUT2D eigenvalue weighted by molar-refractivity contribution is 4.93. The number of hydrogen-bond acceptors (Lipinski definition) is 4. The fourth-order valence-electron chi connectivity index (χ4n) is 6.59. The van der Waals surface area contributed by atoms with Gasteiger partial charge in [-0.15, -0.1) is 0 Å². The summed E-state index contributed by atoms with van der Waals surface area (Å²) in [6.45, 7) is 10.4. The zero-order valence-corrected chi connectivity index (χ0v) is 33.4. The average molecular weight is 685 g/mol. The summed E-state index contributed by atoms with van der Waals surface area (Å²) in [6.07, 6.45) is 51.1. The Morgan fingerprint density at radius 2 is 1.02 bits per heavy atom. The lowest BCUT2D eigenvalue weighted by Gasteiger charge is -2.25. The van der Waals surface area contributed by atoms with Gasteiger partial charge < -0.3 is 14.4 Å². The molecule has 1 aliphatic heterocycles. The van der Waals surface area contributed by atoms with Gasteiger partial charge in [-0.25, -0.2) is 0 Å². The van der Waals surface area contributed by atoms with Crippen molar-refractivity contribution in [2.24, 2.45) is 0 Å². The predicted molar refractivity (Wildman–Crippen MR) is 218 cm³/mol. The van der Waals surface area contributed by atoms with Crippen molar-refractivity contribution in [3.8, 4) is 0 Å². The molecule has 0 radical (unpaired) electrons. The first-order valence-electron chi connectivity index (χ1n) is 21.3. The van der Waals surface area contributed by atoms with Crippen LogP contribution in [0.1, 0.15) is 174 Å². The summed E-state index contributed by atoms with van der Waals surface area (Å²) < 4.78 is 12.6. The van der Waals surface area contributed by atoms with Crippen LogP contribution in [0.2, 0.25) is 0 Å². The van der Waals surface area contributed by atoms with Crippen LogP contribution in [0.25, 0.3) is 0 Å². The summed E-state index contributed by atoms with van der Waals surface area (Å²) in [5, 5.41) is 0. The molecule has 49 heavy (non-hydrogen) atoms. The van der Waals surface area contributed by atoms with E-state index in [2.05, 4.69) is 86.4 Å². The van der Waals surface area contributed by atoms with Crippen molar-refractivity contribution in [2.45, 2.75) is 187 Å². The minimum atomic E-state index is 0.198. The third-order valence-electron chi connectivity index (χ3n) is 9.93. The lowest BCUT2D eigenvalue weighted by Crippen LogP contribution is -2.38. The number of hydrogen-bond donors (Lipinski definition) is 0. The van der Waals surface area contributed by atoms with E-state index in [-0.39, 0.29) is 6.10 Å². The van der Waals surface area contributed by atoms with E-state index in [0.717, 1.165) is 45.8 Å². The Labute approximate surface area is 307 Å². The molecule has 1 heterocycles. The van der Waals surface area contributed by atoms with E-state index < -0.39 is 0 Å². The maximum atomic E-state index is 6.45. The van der Waals surface area contributed by atoms with Gasteiger partial charge in [-0.05, 0) is 104 Å². The molecule has 0 bridgehead atoms. The second-order valence-electron chi connectivity index (χ2n) is 14.9. The third kappa shape index (κ3) is 31.3. The van der Waals surface area contributed by atoms with E-state index in [0.29, 0.717) is 6.04 Å². The van der Waals surface area contributed by atoms with Crippen molar-refractivity contribution < 1.29 is 9.47 Å². The molecule has 4 heteroatoms. The van der Waals surface area contributed by atoms with E-state index in [9.17, 15) is 0 Å². The first kappa shape index (κ1) is 45.8. The first-order valence-corrected chi connectivity index (χ1v) is 21.3. The van der Waals surface area contributed by atoms with Crippen molar-refractivity contribution in [3.05, 3.63) is 48.6 Å². The molecule has 2 unspecified atom stereocenters. The van der Waals surface area contributed by atoms with Gasteiger partial charge in [0.1, 0.15) is 0 Å². The normalized spacial score (nSPS) is 16.6. The Bertz CT molecular complexity index is 789. The number of allylic oxidation sites excluding steroid dienone is 8. The molecule has 1 rings (SSSR count). The van der Waals surface area contributed by atoms with Gasteiger partial charge in [-0.1, -0.05) is 140 Å². The van der Waals surface area contributed by atoms with Crippen LogP contribution in [0, 0.1) is 0 Å². The fraction of sp³-hybridized carbons (Fsp3) is 0.822. The van der Waals surface area contributed by atoms with Crippen LogP contribution in [0.3, 0.4) is 0 Å². The van der Waals surface area contributed by atoms with Crippen LogP contribution in [0.5, 0.6) is 0 Å². The van der Waals surface area contributed by atoms with E-state index in [1.807, 2.05) is 0 Å². The van der Waals surface area contributed by atoms with E-state index in [1.165, 1.54) is 154 Å². The van der Waals surface area contributed by atoms with Crippen molar-refractivity contribution in [2.75, 3.05) is 53.6 Å².